The van der Waals surface area contributed by atoms with Crippen molar-refractivity contribution in [2.24, 2.45) is 0 Å². The summed E-state index contributed by atoms with van der Waals surface area (Å²) < 4.78 is 12.6. The summed E-state index contributed by atoms with van der Waals surface area (Å²) in [4.78, 5) is 25.1. The van der Waals surface area contributed by atoms with Crippen molar-refractivity contribution in [2.45, 2.75) is 12.5 Å². The van der Waals surface area contributed by atoms with Crippen LogP contribution in [-0.2, 0) is 9.59 Å². The van der Waals surface area contributed by atoms with E-state index in [9.17, 15) is 9.59 Å². The fourth-order valence-corrected chi connectivity index (χ4v) is 3.69. The Hall–Kier alpha value is -3.52. The van der Waals surface area contributed by atoms with Gasteiger partial charge in [0.2, 0.25) is 5.91 Å². The zero-order chi connectivity index (χ0) is 20.7. The number of nitrogens with one attached hydrogen (secondary N) is 2. The lowest BCUT2D eigenvalue weighted by atomic mass is 10.1. The van der Waals surface area contributed by atoms with Crippen molar-refractivity contribution in [1.29, 1.82) is 0 Å². The van der Waals surface area contributed by atoms with Gasteiger partial charge in [-0.2, -0.15) is 5.10 Å². The molecule has 0 spiro atoms. The molecule has 0 radical (unpaired) electrons. The van der Waals surface area contributed by atoms with Crippen LogP contribution in [-0.4, -0.2) is 34.8 Å². The van der Waals surface area contributed by atoms with Crippen LogP contribution in [0.25, 0.3) is 11.1 Å². The Morgan fingerprint density at radius 1 is 1.17 bits per heavy atom. The zero-order valence-corrected chi connectivity index (χ0v) is 16.5. The van der Waals surface area contributed by atoms with E-state index in [-0.39, 0.29) is 18.2 Å². The molecule has 3 aromatic rings. The monoisotopic (exact) mass is 424 g/mol. The lowest BCUT2D eigenvalue weighted by Crippen LogP contribution is -2.23. The summed E-state index contributed by atoms with van der Waals surface area (Å²) in [6, 6.07) is 11.7. The van der Waals surface area contributed by atoms with Crippen LogP contribution in [0.2, 0.25) is 5.02 Å². The van der Waals surface area contributed by atoms with E-state index in [1.54, 1.807) is 41.2 Å². The van der Waals surface area contributed by atoms with Gasteiger partial charge in [0.15, 0.2) is 11.5 Å². The third-order valence-electron chi connectivity index (χ3n) is 4.99. The third kappa shape index (κ3) is 3.35. The fourth-order valence-electron chi connectivity index (χ4n) is 3.56. The molecule has 1 atom stereocenters. The molecule has 3 heterocycles. The standard InChI is InChI=1S/C21H17ClN4O4/c22-13-3-1-12(2-4-13)15-11-23-26-16(21(28)25-20(15)26)10-19(27)24-14-5-6-17-18(9-14)30-8-7-29-17/h1-6,9,11,16H,7-8,10H2,(H,24,27)(H,25,28). The molecular formula is C21H17ClN4O4. The summed E-state index contributed by atoms with van der Waals surface area (Å²) in [7, 11) is 0. The molecule has 0 saturated heterocycles. The van der Waals surface area contributed by atoms with E-state index in [4.69, 9.17) is 21.1 Å². The summed E-state index contributed by atoms with van der Waals surface area (Å²) in [5.41, 5.74) is 2.22. The second kappa shape index (κ2) is 7.38. The third-order valence-corrected chi connectivity index (χ3v) is 5.25. The van der Waals surface area contributed by atoms with Crippen molar-refractivity contribution in [1.82, 2.24) is 9.78 Å². The Bertz CT molecular complexity index is 1140. The number of aromatic nitrogens is 2. The molecule has 2 aromatic carbocycles. The lowest BCUT2D eigenvalue weighted by Gasteiger charge is -2.19. The second-order valence-corrected chi connectivity index (χ2v) is 7.41. The number of ether oxygens (including phenoxy) is 2. The van der Waals surface area contributed by atoms with Gasteiger partial charge in [0.1, 0.15) is 25.1 Å². The average Bonchev–Trinajstić information content (AvgIpc) is 3.28. The van der Waals surface area contributed by atoms with Crippen LogP contribution >= 0.6 is 11.6 Å². The maximum absolute atomic E-state index is 12.6. The highest BCUT2D eigenvalue weighted by atomic mass is 35.5. The summed E-state index contributed by atoms with van der Waals surface area (Å²) in [6.07, 6.45) is 1.62. The Kier molecular flexibility index (Phi) is 4.55. The number of rotatable bonds is 4. The van der Waals surface area contributed by atoms with Crippen molar-refractivity contribution >= 4 is 34.9 Å². The predicted octanol–water partition coefficient (Wildman–Crippen LogP) is 3.50. The molecule has 2 aliphatic rings. The first-order valence-electron chi connectivity index (χ1n) is 9.42. The molecule has 1 aromatic heterocycles. The topological polar surface area (TPSA) is 94.5 Å². The molecule has 0 fully saturated rings. The van der Waals surface area contributed by atoms with Gasteiger partial charge in [-0.05, 0) is 29.8 Å². The van der Waals surface area contributed by atoms with E-state index in [1.165, 1.54) is 0 Å². The van der Waals surface area contributed by atoms with Gasteiger partial charge in [0.25, 0.3) is 5.91 Å². The first-order chi connectivity index (χ1) is 14.6. The molecule has 2 N–H and O–H groups in total. The molecule has 9 heteroatoms. The van der Waals surface area contributed by atoms with Crippen LogP contribution in [0.15, 0.2) is 48.7 Å². The molecule has 5 rings (SSSR count). The lowest BCUT2D eigenvalue weighted by molar-refractivity contribution is -0.123. The van der Waals surface area contributed by atoms with Crippen LogP contribution in [0.1, 0.15) is 12.5 Å². The van der Waals surface area contributed by atoms with Gasteiger partial charge in [-0.1, -0.05) is 23.7 Å². The summed E-state index contributed by atoms with van der Waals surface area (Å²) in [6.45, 7) is 0.963. The maximum atomic E-state index is 12.6. The zero-order valence-electron chi connectivity index (χ0n) is 15.7. The minimum atomic E-state index is -0.724. The number of carbonyl (C=O) groups excluding carboxylic acids is 2. The van der Waals surface area contributed by atoms with E-state index in [0.29, 0.717) is 41.2 Å². The van der Waals surface area contributed by atoms with Gasteiger partial charge < -0.3 is 20.1 Å². The van der Waals surface area contributed by atoms with Gasteiger partial charge in [-0.15, -0.1) is 0 Å². The van der Waals surface area contributed by atoms with E-state index in [0.717, 1.165) is 11.1 Å². The van der Waals surface area contributed by atoms with Crippen molar-refractivity contribution in [3.05, 3.63) is 53.7 Å². The van der Waals surface area contributed by atoms with Crippen LogP contribution in [0, 0.1) is 0 Å². The number of amides is 2. The van der Waals surface area contributed by atoms with Gasteiger partial charge in [0.05, 0.1) is 12.6 Å². The van der Waals surface area contributed by atoms with Crippen LogP contribution in [0.5, 0.6) is 11.5 Å². The molecular weight excluding hydrogens is 408 g/mol. The smallest absolute Gasteiger partial charge is 0.251 e. The van der Waals surface area contributed by atoms with E-state index in [1.807, 2.05) is 12.1 Å². The number of nitrogens with zero attached hydrogens (tertiary/aromatic N) is 2. The van der Waals surface area contributed by atoms with E-state index < -0.39 is 6.04 Å². The average molecular weight is 425 g/mol. The van der Waals surface area contributed by atoms with E-state index in [2.05, 4.69) is 15.7 Å². The van der Waals surface area contributed by atoms with Crippen LogP contribution in [0.3, 0.4) is 0 Å². The van der Waals surface area contributed by atoms with E-state index >= 15 is 0 Å². The normalized spacial score (nSPS) is 16.7. The number of benzene rings is 2. The minimum absolute atomic E-state index is 0.0466. The summed E-state index contributed by atoms with van der Waals surface area (Å²) in [5, 5.41) is 10.6. The molecule has 30 heavy (non-hydrogen) atoms. The Morgan fingerprint density at radius 3 is 2.73 bits per heavy atom. The summed E-state index contributed by atoms with van der Waals surface area (Å²) in [5.74, 6) is 1.22. The highest BCUT2D eigenvalue weighted by Gasteiger charge is 2.35. The highest BCUT2D eigenvalue weighted by molar-refractivity contribution is 6.30. The first-order valence-corrected chi connectivity index (χ1v) is 9.80. The van der Waals surface area contributed by atoms with Gasteiger partial charge in [0, 0.05) is 22.3 Å². The molecule has 1 unspecified atom stereocenters. The van der Waals surface area contributed by atoms with Gasteiger partial charge in [-0.3, -0.25) is 9.59 Å². The molecule has 0 saturated carbocycles. The van der Waals surface area contributed by atoms with Gasteiger partial charge in [-0.25, -0.2) is 4.68 Å². The van der Waals surface area contributed by atoms with Crippen LogP contribution < -0.4 is 20.1 Å². The molecule has 2 amide bonds. The number of hydrogen-bond donors (Lipinski definition) is 2. The number of anilines is 2. The maximum Gasteiger partial charge on any atom is 0.251 e. The number of halogens is 1. The van der Waals surface area contributed by atoms with Crippen molar-refractivity contribution in [3.63, 3.8) is 0 Å². The highest BCUT2D eigenvalue weighted by Crippen LogP contribution is 2.36. The second-order valence-electron chi connectivity index (χ2n) is 6.97. The largest absolute Gasteiger partial charge is 0.486 e. The SMILES string of the molecule is O=C(CC1C(=O)Nc2c(-c3ccc(Cl)cc3)cnn21)Nc1ccc2c(c1)OCCO2. The minimum Gasteiger partial charge on any atom is -0.486 e. The number of carbonyl (C=O) groups is 2. The van der Waals surface area contributed by atoms with Gasteiger partial charge >= 0.3 is 0 Å². The molecule has 8 nitrogen and oxygen atoms in total. The predicted molar refractivity (Wildman–Crippen MR) is 111 cm³/mol. The fraction of sp³-hybridized carbons (Fsp3) is 0.190. The molecule has 0 bridgehead atoms. The van der Waals surface area contributed by atoms with Crippen molar-refractivity contribution in [2.75, 3.05) is 23.8 Å². The molecule has 0 aliphatic carbocycles. The Labute approximate surface area is 176 Å². The van der Waals surface area contributed by atoms with Crippen LogP contribution in [0.4, 0.5) is 11.5 Å². The summed E-state index contributed by atoms with van der Waals surface area (Å²) >= 11 is 5.95. The van der Waals surface area contributed by atoms with Crippen molar-refractivity contribution < 1.29 is 19.1 Å². The first kappa shape index (κ1) is 18.5. The quantitative estimate of drug-likeness (QED) is 0.668. The Morgan fingerprint density at radius 2 is 1.93 bits per heavy atom. The molecule has 2 aliphatic heterocycles. The number of hydrogen-bond acceptors (Lipinski definition) is 5. The Balaban J connectivity index is 1.32. The number of fused-ring (bicyclic) bond motifs is 2. The molecule has 152 valence electrons. The van der Waals surface area contributed by atoms with Crippen molar-refractivity contribution in [3.8, 4) is 22.6 Å².